The molecule has 0 bridgehead atoms. The summed E-state index contributed by atoms with van der Waals surface area (Å²) in [5.41, 5.74) is 17.5. The van der Waals surface area contributed by atoms with E-state index in [4.69, 9.17) is 0 Å². The standard InChI is InChI=1S/C64H43N3/c1-2-19-53-45(15-1)16-14-25-54(53)46-33-39-50(40-34-46)65(49-37-31-44(32-38-49)48-17-13-18-52(43-48)66-61-27-9-4-21-56(61)57-22-5-10-28-62(57)66)51-41-35-47(36-42-51)55-20-3-8-26-60(55)67-63-29-11-6-23-58(63)59-24-7-12-30-64(59)67/h1-43H. The number of hydrogen-bond acceptors (Lipinski definition) is 1. The van der Waals surface area contributed by atoms with E-state index < -0.39 is 0 Å². The minimum absolute atomic E-state index is 1.08. The van der Waals surface area contributed by atoms with Gasteiger partial charge in [0.2, 0.25) is 0 Å². The maximum absolute atomic E-state index is 2.41. The van der Waals surface area contributed by atoms with Crippen molar-refractivity contribution in [1.82, 2.24) is 9.13 Å². The first-order valence-corrected chi connectivity index (χ1v) is 23.0. The molecule has 2 aromatic heterocycles. The van der Waals surface area contributed by atoms with E-state index in [9.17, 15) is 0 Å². The molecule has 0 saturated heterocycles. The second kappa shape index (κ2) is 16.0. The van der Waals surface area contributed by atoms with Crippen molar-refractivity contribution in [3.8, 4) is 44.8 Å². The number of rotatable bonds is 8. The number of fused-ring (bicyclic) bond motifs is 7. The highest BCUT2D eigenvalue weighted by Gasteiger charge is 2.18. The minimum Gasteiger partial charge on any atom is -0.311 e. The van der Waals surface area contributed by atoms with Crippen molar-refractivity contribution in [1.29, 1.82) is 0 Å². The molecule has 0 amide bonds. The van der Waals surface area contributed by atoms with Gasteiger partial charge in [0.05, 0.1) is 27.8 Å². The summed E-state index contributed by atoms with van der Waals surface area (Å²) in [5.74, 6) is 0. The van der Waals surface area contributed by atoms with Gasteiger partial charge in [-0.1, -0.05) is 182 Å². The Morgan fingerprint density at radius 2 is 0.657 bits per heavy atom. The fraction of sp³-hybridized carbons (Fsp3) is 0. The third kappa shape index (κ3) is 6.51. The predicted molar refractivity (Wildman–Crippen MR) is 284 cm³/mol. The van der Waals surface area contributed by atoms with Crippen LogP contribution in [0, 0.1) is 0 Å². The molecule has 0 radical (unpaired) electrons. The first-order valence-electron chi connectivity index (χ1n) is 23.0. The molecule has 3 nitrogen and oxygen atoms in total. The van der Waals surface area contributed by atoms with Crippen molar-refractivity contribution in [2.45, 2.75) is 0 Å². The van der Waals surface area contributed by atoms with Gasteiger partial charge in [-0.2, -0.15) is 0 Å². The number of hydrogen-bond donors (Lipinski definition) is 0. The summed E-state index contributed by atoms with van der Waals surface area (Å²) >= 11 is 0. The topological polar surface area (TPSA) is 13.1 Å². The van der Waals surface area contributed by atoms with Crippen LogP contribution in [-0.4, -0.2) is 9.13 Å². The van der Waals surface area contributed by atoms with Gasteiger partial charge in [0.1, 0.15) is 0 Å². The highest BCUT2D eigenvalue weighted by atomic mass is 15.1. The van der Waals surface area contributed by atoms with Crippen LogP contribution in [0.5, 0.6) is 0 Å². The third-order valence-electron chi connectivity index (χ3n) is 13.5. The Morgan fingerprint density at radius 3 is 1.22 bits per heavy atom. The Bertz CT molecular complexity index is 3850. The quantitative estimate of drug-likeness (QED) is 0.148. The molecule has 0 unspecified atom stereocenters. The molecule has 67 heavy (non-hydrogen) atoms. The summed E-state index contributed by atoms with van der Waals surface area (Å²) in [5, 5.41) is 7.53. The molecule has 0 atom stereocenters. The largest absolute Gasteiger partial charge is 0.311 e. The monoisotopic (exact) mass is 853 g/mol. The summed E-state index contributed by atoms with van der Waals surface area (Å²) in [4.78, 5) is 2.37. The second-order valence-electron chi connectivity index (χ2n) is 17.3. The predicted octanol–water partition coefficient (Wildman–Crippen LogP) is 17.5. The van der Waals surface area contributed by atoms with Gasteiger partial charge >= 0.3 is 0 Å². The van der Waals surface area contributed by atoms with Crippen molar-refractivity contribution in [3.63, 3.8) is 0 Å². The van der Waals surface area contributed by atoms with Crippen LogP contribution >= 0.6 is 0 Å². The lowest BCUT2D eigenvalue weighted by Gasteiger charge is -2.26. The van der Waals surface area contributed by atoms with Gasteiger partial charge in [0.25, 0.3) is 0 Å². The van der Waals surface area contributed by atoms with Crippen LogP contribution in [0.15, 0.2) is 261 Å². The molecule has 0 aliphatic rings. The Balaban J connectivity index is 0.897. The van der Waals surface area contributed by atoms with Crippen LogP contribution in [0.1, 0.15) is 0 Å². The molecular formula is C64H43N3. The Hall–Kier alpha value is -8.92. The average Bonchev–Trinajstić information content (AvgIpc) is 3.92. The molecule has 0 saturated carbocycles. The van der Waals surface area contributed by atoms with Crippen molar-refractivity contribution in [2.24, 2.45) is 0 Å². The lowest BCUT2D eigenvalue weighted by molar-refractivity contribution is 1.18. The molecule has 0 spiro atoms. The van der Waals surface area contributed by atoms with Crippen LogP contribution in [0.4, 0.5) is 17.1 Å². The number of benzene rings is 11. The summed E-state index contributed by atoms with van der Waals surface area (Å²) in [6.07, 6.45) is 0. The van der Waals surface area contributed by atoms with E-state index >= 15 is 0 Å². The summed E-state index contributed by atoms with van der Waals surface area (Å²) in [6.45, 7) is 0. The van der Waals surface area contributed by atoms with Gasteiger partial charge in [-0.05, 0) is 117 Å². The second-order valence-corrected chi connectivity index (χ2v) is 17.3. The van der Waals surface area contributed by atoms with Gasteiger partial charge in [-0.3, -0.25) is 0 Å². The van der Waals surface area contributed by atoms with Crippen LogP contribution in [-0.2, 0) is 0 Å². The fourth-order valence-electron chi connectivity index (χ4n) is 10.4. The Labute approximate surface area is 389 Å². The maximum Gasteiger partial charge on any atom is 0.0541 e. The highest BCUT2D eigenvalue weighted by molar-refractivity contribution is 6.10. The zero-order chi connectivity index (χ0) is 44.3. The lowest BCUT2D eigenvalue weighted by Crippen LogP contribution is -2.10. The van der Waals surface area contributed by atoms with E-state index in [1.807, 2.05) is 0 Å². The molecule has 0 fully saturated rings. The third-order valence-corrected chi connectivity index (χ3v) is 13.5. The van der Waals surface area contributed by atoms with Crippen LogP contribution < -0.4 is 4.90 Å². The first-order chi connectivity index (χ1) is 33.2. The fourth-order valence-corrected chi connectivity index (χ4v) is 10.4. The van der Waals surface area contributed by atoms with Gasteiger partial charge in [0, 0.05) is 49.9 Å². The van der Waals surface area contributed by atoms with Crippen LogP contribution in [0.25, 0.3) is 99.1 Å². The molecule has 0 N–H and O–H groups in total. The number of para-hydroxylation sites is 5. The van der Waals surface area contributed by atoms with E-state index in [1.54, 1.807) is 0 Å². The summed E-state index contributed by atoms with van der Waals surface area (Å²) in [6, 6.07) is 94.8. The number of nitrogens with zero attached hydrogens (tertiary/aromatic N) is 3. The smallest absolute Gasteiger partial charge is 0.0541 e. The SMILES string of the molecule is c1cc(-c2ccc(N(c3ccc(-c4ccccc4-n4c5ccccc5c5ccccc54)cc3)c3ccc(-c4cccc5ccccc45)cc3)cc2)cc(-n2c3ccccc3c3ccccc32)c1. The lowest BCUT2D eigenvalue weighted by atomic mass is 9.98. The minimum atomic E-state index is 1.08. The molecule has 0 aliphatic heterocycles. The van der Waals surface area contributed by atoms with Crippen LogP contribution in [0.3, 0.4) is 0 Å². The first kappa shape index (κ1) is 38.5. The molecule has 13 rings (SSSR count). The zero-order valence-electron chi connectivity index (χ0n) is 36.7. The Kier molecular flexibility index (Phi) is 9.17. The summed E-state index contributed by atoms with van der Waals surface area (Å²) < 4.78 is 4.80. The molecule has 314 valence electrons. The Morgan fingerprint density at radius 1 is 0.254 bits per heavy atom. The van der Waals surface area contributed by atoms with Crippen molar-refractivity contribution in [3.05, 3.63) is 261 Å². The molecule has 13 aromatic rings. The van der Waals surface area contributed by atoms with Crippen molar-refractivity contribution in [2.75, 3.05) is 4.90 Å². The maximum atomic E-state index is 2.41. The molecule has 3 heteroatoms. The zero-order valence-corrected chi connectivity index (χ0v) is 36.7. The number of aromatic nitrogens is 2. The molecular weight excluding hydrogens is 811 g/mol. The summed E-state index contributed by atoms with van der Waals surface area (Å²) in [7, 11) is 0. The van der Waals surface area contributed by atoms with Gasteiger partial charge in [-0.25, -0.2) is 0 Å². The van der Waals surface area contributed by atoms with Gasteiger partial charge in [-0.15, -0.1) is 0 Å². The van der Waals surface area contributed by atoms with Gasteiger partial charge in [0.15, 0.2) is 0 Å². The van der Waals surface area contributed by atoms with Crippen molar-refractivity contribution >= 4 is 71.4 Å². The van der Waals surface area contributed by atoms with Gasteiger partial charge < -0.3 is 14.0 Å². The van der Waals surface area contributed by atoms with E-state index in [0.717, 1.165) is 39.6 Å². The highest BCUT2D eigenvalue weighted by Crippen LogP contribution is 2.41. The van der Waals surface area contributed by atoms with E-state index in [-0.39, 0.29) is 0 Å². The van der Waals surface area contributed by atoms with Crippen LogP contribution in [0.2, 0.25) is 0 Å². The number of anilines is 3. The van der Waals surface area contributed by atoms with E-state index in [2.05, 4.69) is 275 Å². The van der Waals surface area contributed by atoms with Crippen molar-refractivity contribution < 1.29 is 0 Å². The molecule has 2 heterocycles. The van der Waals surface area contributed by atoms with E-state index in [1.165, 1.54) is 76.6 Å². The average molecular weight is 854 g/mol. The normalized spacial score (nSPS) is 11.6. The van der Waals surface area contributed by atoms with E-state index in [0.29, 0.717) is 0 Å². The molecule has 11 aromatic carbocycles. The molecule has 0 aliphatic carbocycles.